The van der Waals surface area contributed by atoms with Gasteiger partial charge in [-0.15, -0.1) is 0 Å². The Labute approximate surface area is 85.2 Å². The number of nitrogens with zero attached hydrogens (tertiary/aromatic N) is 2. The van der Waals surface area contributed by atoms with E-state index in [1.807, 2.05) is 4.90 Å². The van der Waals surface area contributed by atoms with Gasteiger partial charge in [0.15, 0.2) is 0 Å². The van der Waals surface area contributed by atoms with Crippen LogP contribution in [0.1, 0.15) is 6.42 Å². The number of hydrogen-bond donors (Lipinski definition) is 2. The van der Waals surface area contributed by atoms with Crippen molar-refractivity contribution in [3.8, 4) is 0 Å². The fourth-order valence-electron chi connectivity index (χ4n) is 1.54. The minimum Gasteiger partial charge on any atom is -0.337 e. The zero-order valence-corrected chi connectivity index (χ0v) is 8.83. The average molecular weight is 200 g/mol. The summed E-state index contributed by atoms with van der Waals surface area (Å²) < 4.78 is 0. The van der Waals surface area contributed by atoms with Crippen LogP contribution < -0.4 is 11.1 Å². The van der Waals surface area contributed by atoms with Crippen LogP contribution >= 0.6 is 0 Å². The molecule has 0 bridgehead atoms. The first-order valence-corrected chi connectivity index (χ1v) is 5.15. The molecular formula is C9H20N4O. The third-order valence-electron chi connectivity index (χ3n) is 2.43. The maximum atomic E-state index is 11.6. The summed E-state index contributed by atoms with van der Waals surface area (Å²) >= 11 is 0. The monoisotopic (exact) mass is 200 g/mol. The van der Waals surface area contributed by atoms with Crippen LogP contribution in [0.4, 0.5) is 4.79 Å². The van der Waals surface area contributed by atoms with E-state index in [-0.39, 0.29) is 6.03 Å². The van der Waals surface area contributed by atoms with Crippen molar-refractivity contribution < 1.29 is 4.79 Å². The van der Waals surface area contributed by atoms with Crippen LogP contribution in [0.2, 0.25) is 0 Å². The maximum Gasteiger partial charge on any atom is 0.317 e. The van der Waals surface area contributed by atoms with Gasteiger partial charge >= 0.3 is 6.03 Å². The molecule has 0 aromatic carbocycles. The van der Waals surface area contributed by atoms with E-state index in [4.69, 9.17) is 5.73 Å². The van der Waals surface area contributed by atoms with E-state index < -0.39 is 0 Å². The van der Waals surface area contributed by atoms with E-state index in [2.05, 4.69) is 17.3 Å². The number of carbonyl (C=O) groups excluding carboxylic acids is 1. The second-order valence-electron chi connectivity index (χ2n) is 3.66. The van der Waals surface area contributed by atoms with Gasteiger partial charge in [-0.25, -0.2) is 4.79 Å². The molecule has 2 amide bonds. The highest BCUT2D eigenvalue weighted by Crippen LogP contribution is 2.00. The summed E-state index contributed by atoms with van der Waals surface area (Å²) in [6, 6.07) is 0.0192. The number of carbonyl (C=O) groups is 1. The smallest absolute Gasteiger partial charge is 0.317 e. The van der Waals surface area contributed by atoms with E-state index in [9.17, 15) is 4.79 Å². The van der Waals surface area contributed by atoms with Crippen molar-refractivity contribution in [3.63, 3.8) is 0 Å². The van der Waals surface area contributed by atoms with Crippen LogP contribution in [0.15, 0.2) is 0 Å². The molecule has 0 radical (unpaired) electrons. The standard InChI is InChI=1S/C9H20N4O/c1-12-5-2-6-13(8-7-12)9(14)11-4-3-10/h2-8,10H2,1H3,(H,11,14). The van der Waals surface area contributed by atoms with Crippen molar-refractivity contribution >= 4 is 6.03 Å². The lowest BCUT2D eigenvalue weighted by molar-refractivity contribution is 0.200. The van der Waals surface area contributed by atoms with Crippen LogP contribution in [0, 0.1) is 0 Å². The Morgan fingerprint density at radius 3 is 2.86 bits per heavy atom. The van der Waals surface area contributed by atoms with Gasteiger partial charge in [-0.05, 0) is 20.0 Å². The van der Waals surface area contributed by atoms with E-state index in [1.165, 1.54) is 0 Å². The Morgan fingerprint density at radius 1 is 1.36 bits per heavy atom. The number of likely N-dealkylation sites (N-methyl/N-ethyl adjacent to an activating group) is 1. The molecule has 0 aliphatic carbocycles. The summed E-state index contributed by atoms with van der Waals surface area (Å²) in [5.41, 5.74) is 5.32. The molecule has 14 heavy (non-hydrogen) atoms. The summed E-state index contributed by atoms with van der Waals surface area (Å²) in [7, 11) is 2.08. The molecule has 0 saturated carbocycles. The molecule has 0 atom stereocenters. The highest BCUT2D eigenvalue weighted by atomic mass is 16.2. The number of urea groups is 1. The summed E-state index contributed by atoms with van der Waals surface area (Å²) in [6.45, 7) is 4.75. The zero-order chi connectivity index (χ0) is 10.4. The van der Waals surface area contributed by atoms with Crippen LogP contribution in [0.5, 0.6) is 0 Å². The maximum absolute atomic E-state index is 11.6. The molecule has 5 heteroatoms. The van der Waals surface area contributed by atoms with Gasteiger partial charge in [0.05, 0.1) is 0 Å². The van der Waals surface area contributed by atoms with Crippen molar-refractivity contribution in [2.45, 2.75) is 6.42 Å². The second kappa shape index (κ2) is 5.82. The van der Waals surface area contributed by atoms with E-state index in [0.29, 0.717) is 13.1 Å². The molecule has 5 nitrogen and oxygen atoms in total. The zero-order valence-electron chi connectivity index (χ0n) is 8.83. The SMILES string of the molecule is CN1CCCN(C(=O)NCCN)CC1. The van der Waals surface area contributed by atoms with Gasteiger partial charge in [-0.1, -0.05) is 0 Å². The van der Waals surface area contributed by atoms with E-state index >= 15 is 0 Å². The summed E-state index contributed by atoms with van der Waals surface area (Å²) in [6.07, 6.45) is 1.05. The van der Waals surface area contributed by atoms with Gasteiger partial charge < -0.3 is 20.9 Å². The predicted octanol–water partition coefficient (Wildman–Crippen LogP) is -0.708. The highest BCUT2D eigenvalue weighted by Gasteiger charge is 2.16. The van der Waals surface area contributed by atoms with Crippen molar-refractivity contribution in [1.29, 1.82) is 0 Å². The minimum atomic E-state index is 0.0192. The fourth-order valence-corrected chi connectivity index (χ4v) is 1.54. The summed E-state index contributed by atoms with van der Waals surface area (Å²) in [5.74, 6) is 0. The van der Waals surface area contributed by atoms with Crippen molar-refractivity contribution in [2.75, 3.05) is 46.3 Å². The van der Waals surface area contributed by atoms with Crippen LogP contribution in [0.3, 0.4) is 0 Å². The molecule has 1 aliphatic heterocycles. The number of rotatable bonds is 2. The van der Waals surface area contributed by atoms with Gasteiger partial charge in [0.1, 0.15) is 0 Å². The lowest BCUT2D eigenvalue weighted by Crippen LogP contribution is -2.43. The average Bonchev–Trinajstić information content (AvgIpc) is 2.39. The van der Waals surface area contributed by atoms with Crippen molar-refractivity contribution in [1.82, 2.24) is 15.1 Å². The Morgan fingerprint density at radius 2 is 2.14 bits per heavy atom. The number of amides is 2. The first kappa shape index (κ1) is 11.3. The van der Waals surface area contributed by atoms with Gasteiger partial charge in [0, 0.05) is 32.7 Å². The topological polar surface area (TPSA) is 61.6 Å². The predicted molar refractivity (Wildman–Crippen MR) is 56.1 cm³/mol. The molecule has 1 heterocycles. The Kier molecular flexibility index (Phi) is 4.69. The molecule has 3 N–H and O–H groups in total. The van der Waals surface area contributed by atoms with Crippen LogP contribution in [0.25, 0.3) is 0 Å². The van der Waals surface area contributed by atoms with E-state index in [1.54, 1.807) is 0 Å². The minimum absolute atomic E-state index is 0.0192. The molecule has 1 aliphatic rings. The number of nitrogens with two attached hydrogens (primary N) is 1. The molecule has 82 valence electrons. The lowest BCUT2D eigenvalue weighted by Gasteiger charge is -2.20. The normalized spacial score (nSPS) is 19.1. The molecule has 1 rings (SSSR count). The molecule has 0 spiro atoms. The molecule has 0 unspecified atom stereocenters. The quantitative estimate of drug-likeness (QED) is 0.619. The Balaban J connectivity index is 2.31. The summed E-state index contributed by atoms with van der Waals surface area (Å²) in [5, 5.41) is 2.79. The van der Waals surface area contributed by atoms with Gasteiger partial charge in [0.25, 0.3) is 0 Å². The van der Waals surface area contributed by atoms with Gasteiger partial charge in [-0.3, -0.25) is 0 Å². The molecule has 1 saturated heterocycles. The second-order valence-corrected chi connectivity index (χ2v) is 3.66. The number of nitrogens with one attached hydrogen (secondary N) is 1. The van der Waals surface area contributed by atoms with Gasteiger partial charge in [-0.2, -0.15) is 0 Å². The first-order chi connectivity index (χ1) is 6.74. The summed E-state index contributed by atoms with van der Waals surface area (Å²) in [4.78, 5) is 15.7. The molecule has 0 aromatic rings. The van der Waals surface area contributed by atoms with Crippen molar-refractivity contribution in [2.24, 2.45) is 5.73 Å². The highest BCUT2D eigenvalue weighted by molar-refractivity contribution is 5.74. The first-order valence-electron chi connectivity index (χ1n) is 5.15. The molecular weight excluding hydrogens is 180 g/mol. The van der Waals surface area contributed by atoms with Crippen molar-refractivity contribution in [3.05, 3.63) is 0 Å². The third-order valence-corrected chi connectivity index (χ3v) is 2.43. The van der Waals surface area contributed by atoms with Crippen LogP contribution in [-0.2, 0) is 0 Å². The molecule has 0 aromatic heterocycles. The van der Waals surface area contributed by atoms with Gasteiger partial charge in [0.2, 0.25) is 0 Å². The van der Waals surface area contributed by atoms with Crippen LogP contribution in [-0.4, -0.2) is 62.1 Å². The third kappa shape index (κ3) is 3.51. The Hall–Kier alpha value is -0.810. The fraction of sp³-hybridized carbons (Fsp3) is 0.889. The Bertz CT molecular complexity index is 186. The number of hydrogen-bond acceptors (Lipinski definition) is 3. The van der Waals surface area contributed by atoms with E-state index in [0.717, 1.165) is 32.6 Å². The molecule has 1 fully saturated rings. The lowest BCUT2D eigenvalue weighted by atomic mass is 10.4. The largest absolute Gasteiger partial charge is 0.337 e.